The van der Waals surface area contributed by atoms with Gasteiger partial charge in [0.2, 0.25) is 10.0 Å². The fourth-order valence-electron chi connectivity index (χ4n) is 14.9. The fourth-order valence-corrected chi connectivity index (χ4v) is 15.7. The second-order valence-electron chi connectivity index (χ2n) is 20.5. The van der Waals surface area contributed by atoms with E-state index in [1.165, 1.54) is 81.6 Å². The predicted molar refractivity (Wildman–Crippen MR) is 209 cm³/mol. The maximum absolute atomic E-state index is 12.1. The van der Waals surface area contributed by atoms with Crippen LogP contribution in [0.3, 0.4) is 0 Å². The second-order valence-corrected chi connectivity index (χ2v) is 22.5. The van der Waals surface area contributed by atoms with Crippen LogP contribution < -0.4 is 5.32 Å². The molecule has 1 heterocycles. The van der Waals surface area contributed by atoms with Gasteiger partial charge in [-0.15, -0.1) is 0 Å². The molecule has 6 fully saturated rings. The molecular formula is C44H67N3O4S. The van der Waals surface area contributed by atoms with Gasteiger partial charge in [0.1, 0.15) is 0 Å². The van der Waals surface area contributed by atoms with Crippen molar-refractivity contribution >= 4 is 21.6 Å². The van der Waals surface area contributed by atoms with Crippen LogP contribution in [0.25, 0.3) is 5.57 Å². The number of carboxylic acid groups (broad SMARTS) is 1. The summed E-state index contributed by atoms with van der Waals surface area (Å²) in [7, 11) is -3.11. The molecule has 1 aromatic carbocycles. The van der Waals surface area contributed by atoms with Crippen molar-refractivity contribution in [3.63, 3.8) is 0 Å². The summed E-state index contributed by atoms with van der Waals surface area (Å²) >= 11 is 0. The average Bonchev–Trinajstić information content (AvgIpc) is 3.71. The highest BCUT2D eigenvalue weighted by atomic mass is 32.2. The molecule has 8 heteroatoms. The zero-order valence-electron chi connectivity index (χ0n) is 33.3. The number of fused-ring (bicyclic) bond motifs is 7. The van der Waals surface area contributed by atoms with E-state index in [0.29, 0.717) is 46.7 Å². The van der Waals surface area contributed by atoms with Crippen molar-refractivity contribution in [2.45, 2.75) is 118 Å². The molecule has 0 spiro atoms. The quantitative estimate of drug-likeness (QED) is 0.280. The van der Waals surface area contributed by atoms with E-state index in [2.05, 4.69) is 57.8 Å². The molecule has 1 aromatic rings. The maximum atomic E-state index is 12.1. The van der Waals surface area contributed by atoms with Crippen molar-refractivity contribution in [1.29, 1.82) is 0 Å². The van der Waals surface area contributed by atoms with Crippen molar-refractivity contribution in [3.05, 3.63) is 41.5 Å². The van der Waals surface area contributed by atoms with E-state index < -0.39 is 16.0 Å². The number of sulfonamides is 1. The zero-order chi connectivity index (χ0) is 37.1. The third-order valence-corrected chi connectivity index (χ3v) is 19.4. The molecule has 0 bridgehead atoms. The number of nitrogens with zero attached hydrogens (tertiary/aromatic N) is 2. The molecule has 7 aliphatic rings. The molecule has 0 amide bonds. The fraction of sp³-hybridized carbons (Fsp3) is 0.795. The Balaban J connectivity index is 1.04. The topological polar surface area (TPSA) is 90.0 Å². The largest absolute Gasteiger partial charge is 0.478 e. The van der Waals surface area contributed by atoms with Gasteiger partial charge >= 0.3 is 5.97 Å². The minimum absolute atomic E-state index is 0.0248. The molecule has 2 N–H and O–H groups in total. The Hall–Kier alpha value is -1.74. The van der Waals surface area contributed by atoms with Crippen LogP contribution in [-0.2, 0) is 10.0 Å². The molecule has 1 aliphatic heterocycles. The van der Waals surface area contributed by atoms with E-state index in [1.54, 1.807) is 16.4 Å². The number of allylic oxidation sites excluding steroid dienone is 2. The highest BCUT2D eigenvalue weighted by molar-refractivity contribution is 7.88. The van der Waals surface area contributed by atoms with E-state index >= 15 is 0 Å². The van der Waals surface area contributed by atoms with E-state index in [1.807, 2.05) is 12.1 Å². The lowest BCUT2D eigenvalue weighted by Crippen LogP contribution is -2.68. The lowest BCUT2D eigenvalue weighted by atomic mass is 9.32. The lowest BCUT2D eigenvalue weighted by molar-refractivity contribution is -0.222. The van der Waals surface area contributed by atoms with Crippen molar-refractivity contribution in [2.75, 3.05) is 45.5 Å². The zero-order valence-corrected chi connectivity index (χ0v) is 34.1. The van der Waals surface area contributed by atoms with Crippen LogP contribution in [0, 0.1) is 56.7 Å². The van der Waals surface area contributed by atoms with E-state index in [-0.39, 0.29) is 16.4 Å². The molecule has 288 valence electrons. The van der Waals surface area contributed by atoms with Gasteiger partial charge in [0.25, 0.3) is 0 Å². The van der Waals surface area contributed by atoms with Gasteiger partial charge in [-0.1, -0.05) is 59.8 Å². The Kier molecular flexibility index (Phi) is 8.86. The number of nitrogens with one attached hydrogen (secondary N) is 1. The van der Waals surface area contributed by atoms with Gasteiger partial charge in [-0.3, -0.25) is 4.90 Å². The van der Waals surface area contributed by atoms with Crippen LogP contribution >= 0.6 is 0 Å². The van der Waals surface area contributed by atoms with Crippen LogP contribution in [0.2, 0.25) is 0 Å². The molecule has 9 unspecified atom stereocenters. The minimum atomic E-state index is -3.11. The SMILES string of the molecule is CC1(C2CCC3(NCCN4CCN(S(C)(=O)=O)CC4)CCC4(C)C(CCC5C6(C)CC=C(c7ccc(C(=O)O)cc7)C(C)(C)C6CCC54C)C23)CC1. The molecular weight excluding hydrogens is 667 g/mol. The van der Waals surface area contributed by atoms with Gasteiger partial charge in [-0.2, -0.15) is 4.31 Å². The Morgan fingerprint density at radius 2 is 1.50 bits per heavy atom. The third kappa shape index (κ3) is 5.56. The van der Waals surface area contributed by atoms with Crippen LogP contribution in [0.4, 0.5) is 0 Å². The molecule has 7 nitrogen and oxygen atoms in total. The van der Waals surface area contributed by atoms with Gasteiger partial charge in [0.15, 0.2) is 0 Å². The highest BCUT2D eigenvalue weighted by Crippen LogP contribution is 2.78. The van der Waals surface area contributed by atoms with Crippen molar-refractivity contribution in [2.24, 2.45) is 56.7 Å². The Labute approximate surface area is 314 Å². The first-order valence-corrected chi connectivity index (χ1v) is 22.7. The third-order valence-electron chi connectivity index (χ3n) is 18.1. The summed E-state index contributed by atoms with van der Waals surface area (Å²) in [6.07, 6.45) is 18.4. The first-order valence-electron chi connectivity index (χ1n) is 20.9. The normalized spacial score (nSPS) is 42.7. The summed E-state index contributed by atoms with van der Waals surface area (Å²) in [5.41, 5.74) is 4.63. The lowest BCUT2D eigenvalue weighted by Gasteiger charge is -2.72. The summed E-state index contributed by atoms with van der Waals surface area (Å²) in [5, 5.41) is 13.8. The predicted octanol–water partition coefficient (Wildman–Crippen LogP) is 8.18. The number of carboxylic acids is 1. The van der Waals surface area contributed by atoms with Crippen molar-refractivity contribution in [3.8, 4) is 0 Å². The van der Waals surface area contributed by atoms with Crippen molar-refractivity contribution in [1.82, 2.24) is 14.5 Å². The van der Waals surface area contributed by atoms with Crippen LogP contribution in [-0.4, -0.2) is 79.8 Å². The summed E-state index contributed by atoms with van der Waals surface area (Å²) in [4.78, 5) is 14.1. The number of hydrogen-bond donors (Lipinski definition) is 2. The minimum Gasteiger partial charge on any atom is -0.478 e. The standard InChI is InChI=1S/C44H67N3O4S/c1-39(2)32(30-8-10-31(11-9-30)38(48)49)14-17-41(4)35(39)16-18-43(6)36(41)13-12-34-37-33(40(3)20-21-40)15-19-44(37,23-22-42(34,43)5)45-24-25-46-26-28-47(29-27-46)52(7,50)51/h8-11,14,33-37,45H,12-13,15-29H2,1-7H3,(H,48,49). The van der Waals surface area contributed by atoms with E-state index in [9.17, 15) is 18.3 Å². The summed E-state index contributed by atoms with van der Waals surface area (Å²) in [5.74, 6) is 2.77. The number of benzene rings is 1. The molecule has 1 saturated heterocycles. The Morgan fingerprint density at radius 1 is 0.808 bits per heavy atom. The van der Waals surface area contributed by atoms with E-state index in [0.717, 1.165) is 50.4 Å². The van der Waals surface area contributed by atoms with Gasteiger partial charge in [0, 0.05) is 44.8 Å². The summed E-state index contributed by atoms with van der Waals surface area (Å²) in [6, 6.07) is 7.64. The number of aromatic carboxylic acids is 1. The van der Waals surface area contributed by atoms with Gasteiger partial charge in [-0.25, -0.2) is 13.2 Å². The monoisotopic (exact) mass is 733 g/mol. The van der Waals surface area contributed by atoms with Gasteiger partial charge in [0.05, 0.1) is 11.8 Å². The molecule has 9 atom stereocenters. The number of hydrogen-bond acceptors (Lipinski definition) is 5. The Bertz CT molecular complexity index is 1710. The molecule has 5 saturated carbocycles. The smallest absolute Gasteiger partial charge is 0.335 e. The first kappa shape index (κ1) is 37.2. The van der Waals surface area contributed by atoms with Crippen molar-refractivity contribution < 1.29 is 18.3 Å². The van der Waals surface area contributed by atoms with Crippen LogP contribution in [0.15, 0.2) is 30.3 Å². The van der Waals surface area contributed by atoms with E-state index in [4.69, 9.17) is 0 Å². The summed E-state index contributed by atoms with van der Waals surface area (Å²) in [6.45, 7) is 20.7. The maximum Gasteiger partial charge on any atom is 0.335 e. The highest BCUT2D eigenvalue weighted by Gasteiger charge is 2.72. The number of carbonyl (C=O) groups is 1. The molecule has 0 radical (unpaired) electrons. The van der Waals surface area contributed by atoms with Crippen LogP contribution in [0.1, 0.15) is 128 Å². The van der Waals surface area contributed by atoms with Gasteiger partial charge < -0.3 is 10.4 Å². The van der Waals surface area contributed by atoms with Crippen LogP contribution in [0.5, 0.6) is 0 Å². The molecule has 52 heavy (non-hydrogen) atoms. The Morgan fingerprint density at radius 3 is 2.13 bits per heavy atom. The summed E-state index contributed by atoms with van der Waals surface area (Å²) < 4.78 is 25.8. The molecule has 0 aromatic heterocycles. The van der Waals surface area contributed by atoms with Gasteiger partial charge in [-0.05, 0) is 151 Å². The first-order chi connectivity index (χ1) is 24.4. The second kappa shape index (κ2) is 12.4. The molecule has 8 rings (SSSR count). The number of rotatable bonds is 8. The molecule has 6 aliphatic carbocycles. The number of piperazine rings is 1. The average molecular weight is 734 g/mol.